The molecule has 0 aliphatic carbocycles. The lowest BCUT2D eigenvalue weighted by Crippen LogP contribution is -2.50. The molecule has 3 rings (SSSR count). The molecule has 0 atom stereocenters. The third kappa shape index (κ3) is 4.96. The second kappa shape index (κ2) is 8.67. The van der Waals surface area contributed by atoms with E-state index in [0.29, 0.717) is 11.1 Å². The highest BCUT2D eigenvalue weighted by molar-refractivity contribution is 7.89. The Kier molecular flexibility index (Phi) is 6.24. The van der Waals surface area contributed by atoms with Crippen LogP contribution in [0.2, 0.25) is 0 Å². The van der Waals surface area contributed by atoms with Crippen LogP contribution in [0, 0.1) is 5.82 Å². The van der Waals surface area contributed by atoms with E-state index >= 15 is 0 Å². The van der Waals surface area contributed by atoms with E-state index in [2.05, 4.69) is 0 Å². The number of amides is 1. The van der Waals surface area contributed by atoms with E-state index in [1.807, 2.05) is 0 Å². The molecule has 1 heterocycles. The van der Waals surface area contributed by atoms with Crippen molar-refractivity contribution in [3.8, 4) is 0 Å². The summed E-state index contributed by atoms with van der Waals surface area (Å²) >= 11 is 0. The Hall–Kier alpha value is -2.84. The smallest absolute Gasteiger partial charge is 0.246 e. The minimum atomic E-state index is -3.68. The van der Waals surface area contributed by atoms with Crippen LogP contribution >= 0.6 is 0 Å². The molecule has 0 N–H and O–H groups in total. The molecule has 1 aliphatic heterocycles. The summed E-state index contributed by atoms with van der Waals surface area (Å²) in [4.78, 5) is 25.4. The molecular formula is C21H21FN2O4S. The molecule has 2 aromatic carbocycles. The van der Waals surface area contributed by atoms with Gasteiger partial charge in [-0.15, -0.1) is 0 Å². The van der Waals surface area contributed by atoms with Crippen LogP contribution in [0.1, 0.15) is 22.8 Å². The topological polar surface area (TPSA) is 74.8 Å². The van der Waals surface area contributed by atoms with Crippen LogP contribution < -0.4 is 0 Å². The van der Waals surface area contributed by atoms with E-state index in [9.17, 15) is 22.4 Å². The quantitative estimate of drug-likeness (QED) is 0.555. The Morgan fingerprint density at radius 2 is 1.52 bits per heavy atom. The lowest BCUT2D eigenvalue weighted by atomic mass is 10.2. The number of hydrogen-bond donors (Lipinski definition) is 0. The highest BCUT2D eigenvalue weighted by atomic mass is 32.2. The van der Waals surface area contributed by atoms with Gasteiger partial charge in [0.15, 0.2) is 5.78 Å². The van der Waals surface area contributed by atoms with E-state index in [1.54, 1.807) is 23.1 Å². The molecule has 0 unspecified atom stereocenters. The average Bonchev–Trinajstić information content (AvgIpc) is 2.73. The summed E-state index contributed by atoms with van der Waals surface area (Å²) in [5.41, 5.74) is 1.15. The van der Waals surface area contributed by atoms with E-state index in [-0.39, 0.29) is 48.6 Å². The summed E-state index contributed by atoms with van der Waals surface area (Å²) in [5.74, 6) is -0.700. The van der Waals surface area contributed by atoms with E-state index in [1.165, 1.54) is 53.7 Å². The van der Waals surface area contributed by atoms with Crippen molar-refractivity contribution in [2.75, 3.05) is 26.2 Å². The second-order valence-electron chi connectivity index (χ2n) is 6.69. The van der Waals surface area contributed by atoms with Gasteiger partial charge in [-0.25, -0.2) is 12.8 Å². The Labute approximate surface area is 169 Å². The molecule has 0 radical (unpaired) electrons. The summed E-state index contributed by atoms with van der Waals surface area (Å²) in [6, 6.07) is 11.6. The van der Waals surface area contributed by atoms with Crippen LogP contribution in [-0.4, -0.2) is 55.5 Å². The van der Waals surface area contributed by atoms with Crippen molar-refractivity contribution in [1.29, 1.82) is 0 Å². The van der Waals surface area contributed by atoms with Crippen LogP contribution in [0.25, 0.3) is 6.08 Å². The highest BCUT2D eigenvalue weighted by Gasteiger charge is 2.29. The molecule has 1 amide bonds. The Balaban J connectivity index is 1.61. The molecule has 1 saturated heterocycles. The number of sulfonamides is 1. The van der Waals surface area contributed by atoms with Crippen LogP contribution in [-0.2, 0) is 14.8 Å². The first-order chi connectivity index (χ1) is 13.8. The number of ketones is 1. The third-order valence-corrected chi connectivity index (χ3v) is 6.65. The maximum atomic E-state index is 12.9. The SMILES string of the molecule is CC(=O)c1ccc(S(=O)(=O)N2CCN(C(=O)/C=C/c3ccc(F)cc3)CC2)cc1. The zero-order valence-electron chi connectivity index (χ0n) is 15.9. The van der Waals surface area contributed by atoms with Crippen molar-refractivity contribution >= 4 is 27.8 Å². The van der Waals surface area contributed by atoms with Crippen LogP contribution in [0.5, 0.6) is 0 Å². The summed E-state index contributed by atoms with van der Waals surface area (Å²) in [6.45, 7) is 2.35. The number of rotatable bonds is 5. The molecule has 6 nitrogen and oxygen atoms in total. The summed E-state index contributed by atoms with van der Waals surface area (Å²) < 4.78 is 39.8. The Morgan fingerprint density at radius 3 is 2.07 bits per heavy atom. The number of hydrogen-bond acceptors (Lipinski definition) is 4. The number of nitrogens with zero attached hydrogens (tertiary/aromatic N) is 2. The molecule has 8 heteroatoms. The minimum Gasteiger partial charge on any atom is -0.337 e. The van der Waals surface area contributed by atoms with Gasteiger partial charge < -0.3 is 4.90 Å². The number of benzene rings is 2. The fraction of sp³-hybridized carbons (Fsp3) is 0.238. The average molecular weight is 416 g/mol. The van der Waals surface area contributed by atoms with Crippen molar-refractivity contribution in [3.05, 3.63) is 71.6 Å². The molecule has 1 fully saturated rings. The van der Waals surface area contributed by atoms with Gasteiger partial charge in [0.1, 0.15) is 5.82 Å². The molecule has 0 saturated carbocycles. The van der Waals surface area contributed by atoms with Crippen molar-refractivity contribution in [3.63, 3.8) is 0 Å². The van der Waals surface area contributed by atoms with Crippen molar-refractivity contribution in [2.24, 2.45) is 0 Å². The maximum absolute atomic E-state index is 12.9. The maximum Gasteiger partial charge on any atom is 0.246 e. The summed E-state index contributed by atoms with van der Waals surface area (Å²) in [7, 11) is -3.68. The first-order valence-electron chi connectivity index (χ1n) is 9.11. The van der Waals surface area contributed by atoms with Gasteiger partial charge in [-0.2, -0.15) is 4.31 Å². The first-order valence-corrected chi connectivity index (χ1v) is 10.5. The molecule has 1 aliphatic rings. The summed E-state index contributed by atoms with van der Waals surface area (Å²) in [5, 5.41) is 0. The lowest BCUT2D eigenvalue weighted by Gasteiger charge is -2.33. The van der Waals surface area contributed by atoms with Crippen LogP contribution in [0.3, 0.4) is 0 Å². The van der Waals surface area contributed by atoms with Gasteiger partial charge in [0.05, 0.1) is 4.90 Å². The van der Waals surface area contributed by atoms with Crippen LogP contribution in [0.15, 0.2) is 59.5 Å². The number of halogens is 1. The normalized spacial score (nSPS) is 15.6. The fourth-order valence-electron chi connectivity index (χ4n) is 3.01. The number of Topliss-reactive ketones (excluding diaryl/α,β-unsaturated/α-hetero) is 1. The number of piperazine rings is 1. The largest absolute Gasteiger partial charge is 0.337 e. The van der Waals surface area contributed by atoms with Gasteiger partial charge in [-0.1, -0.05) is 24.3 Å². The zero-order valence-corrected chi connectivity index (χ0v) is 16.7. The molecule has 0 aromatic heterocycles. The number of carbonyl (C=O) groups is 2. The fourth-order valence-corrected chi connectivity index (χ4v) is 4.43. The predicted molar refractivity (Wildman–Crippen MR) is 107 cm³/mol. The van der Waals surface area contributed by atoms with Gasteiger partial charge in [0.2, 0.25) is 15.9 Å². The minimum absolute atomic E-state index is 0.124. The van der Waals surface area contributed by atoms with Gasteiger partial charge in [0.25, 0.3) is 0 Å². The van der Waals surface area contributed by atoms with E-state index in [0.717, 1.165) is 0 Å². The second-order valence-corrected chi connectivity index (χ2v) is 8.63. The molecule has 2 aromatic rings. The standard InChI is InChI=1S/C21H21FN2O4S/c1-16(25)18-5-9-20(10-6-18)29(27,28)24-14-12-23(13-15-24)21(26)11-4-17-2-7-19(22)8-3-17/h2-11H,12-15H2,1H3/b11-4+. The molecule has 0 spiro atoms. The van der Waals surface area contributed by atoms with E-state index < -0.39 is 10.0 Å². The van der Waals surface area contributed by atoms with E-state index in [4.69, 9.17) is 0 Å². The molecule has 152 valence electrons. The predicted octanol–water partition coefficient (Wildman–Crippen LogP) is 2.57. The third-order valence-electron chi connectivity index (χ3n) is 4.74. The van der Waals surface area contributed by atoms with Gasteiger partial charge in [-0.3, -0.25) is 9.59 Å². The van der Waals surface area contributed by atoms with Crippen molar-refractivity contribution in [1.82, 2.24) is 9.21 Å². The van der Waals surface area contributed by atoms with Crippen molar-refractivity contribution in [2.45, 2.75) is 11.8 Å². The summed E-state index contributed by atoms with van der Waals surface area (Å²) in [6.07, 6.45) is 3.00. The first kappa shape index (κ1) is 20.9. The number of carbonyl (C=O) groups excluding carboxylic acids is 2. The zero-order chi connectivity index (χ0) is 21.0. The monoisotopic (exact) mass is 416 g/mol. The van der Waals surface area contributed by atoms with Gasteiger partial charge in [0, 0.05) is 37.8 Å². The van der Waals surface area contributed by atoms with Gasteiger partial charge >= 0.3 is 0 Å². The van der Waals surface area contributed by atoms with Crippen molar-refractivity contribution < 1.29 is 22.4 Å². The molecule has 0 bridgehead atoms. The Bertz CT molecular complexity index is 1020. The van der Waals surface area contributed by atoms with Gasteiger partial charge in [-0.05, 0) is 42.8 Å². The van der Waals surface area contributed by atoms with Crippen LogP contribution in [0.4, 0.5) is 4.39 Å². The highest BCUT2D eigenvalue weighted by Crippen LogP contribution is 2.19. The Morgan fingerprint density at radius 1 is 0.931 bits per heavy atom. The lowest BCUT2D eigenvalue weighted by molar-refractivity contribution is -0.127. The molecule has 29 heavy (non-hydrogen) atoms. The molecular weight excluding hydrogens is 395 g/mol.